The minimum Gasteiger partial charge on any atom is -0.740 e. The summed E-state index contributed by atoms with van der Waals surface area (Å²) in [4.78, 5) is 1.45. The van der Waals surface area contributed by atoms with E-state index in [0.717, 1.165) is 19.5 Å². The van der Waals surface area contributed by atoms with E-state index in [-0.39, 0.29) is 0 Å². The zero-order chi connectivity index (χ0) is 8.97. The number of aryl methyl sites for hydroxylation is 1. The molecule has 0 spiro atoms. The molecule has 0 aliphatic rings. The Bertz CT molecular complexity index is 233. The van der Waals surface area contributed by atoms with Crippen LogP contribution in [0.2, 0.25) is 0 Å². The zero-order valence-electron chi connectivity index (χ0n) is 7.45. The molecule has 68 valence electrons. The summed E-state index contributed by atoms with van der Waals surface area (Å²) < 4.78 is 1.90. The summed E-state index contributed by atoms with van der Waals surface area (Å²) in [5.41, 5.74) is 0. The van der Waals surface area contributed by atoms with Gasteiger partial charge in [0.05, 0.1) is 20.6 Å². The number of quaternary nitrogens is 1. The average molecular weight is 186 g/mol. The lowest BCUT2D eigenvalue weighted by atomic mass is 10.4. The van der Waals surface area contributed by atoms with Gasteiger partial charge in [-0.15, -0.1) is 5.10 Å². The quantitative estimate of drug-likeness (QED) is 0.595. The second kappa shape index (κ2) is 4.37. The van der Waals surface area contributed by atoms with Crippen LogP contribution in [-0.4, -0.2) is 35.4 Å². The maximum Gasteiger partial charge on any atom is 0.118 e. The molecule has 1 aromatic heterocycles. The fourth-order valence-corrected chi connectivity index (χ4v) is 1.19. The van der Waals surface area contributed by atoms with Crippen LogP contribution in [-0.2, 0) is 19.2 Å². The highest BCUT2D eigenvalue weighted by atomic mass is 32.1. The van der Waals surface area contributed by atoms with E-state index in [1.807, 2.05) is 4.57 Å². The van der Waals surface area contributed by atoms with Gasteiger partial charge in [-0.3, -0.25) is 0 Å². The summed E-state index contributed by atoms with van der Waals surface area (Å²) in [6, 6.07) is 0. The van der Waals surface area contributed by atoms with E-state index >= 15 is 0 Å². The number of hydrogen-bond acceptors (Lipinski definition) is 3. The molecule has 0 amide bonds. The SMILES string of the molecule is C[NH+](C)CCCn1cnnc1[S-]. The van der Waals surface area contributed by atoms with Crippen LogP contribution in [0.15, 0.2) is 11.5 Å². The number of aromatic nitrogens is 3. The van der Waals surface area contributed by atoms with Crippen molar-refractivity contribution in [2.24, 2.45) is 0 Å². The first-order valence-electron chi connectivity index (χ1n) is 4.04. The fourth-order valence-electron chi connectivity index (χ4n) is 1.00. The number of hydrogen-bond donors (Lipinski definition) is 1. The van der Waals surface area contributed by atoms with Gasteiger partial charge in [0.2, 0.25) is 0 Å². The van der Waals surface area contributed by atoms with Crippen molar-refractivity contribution in [3.63, 3.8) is 0 Å². The Kier molecular flexibility index (Phi) is 3.43. The fraction of sp³-hybridized carbons (Fsp3) is 0.714. The highest BCUT2D eigenvalue weighted by molar-refractivity contribution is 7.58. The Labute approximate surface area is 78.0 Å². The lowest BCUT2D eigenvalue weighted by Gasteiger charge is -2.10. The van der Waals surface area contributed by atoms with E-state index in [2.05, 4.69) is 24.3 Å². The minimum absolute atomic E-state index is 0.587. The largest absolute Gasteiger partial charge is 0.740 e. The van der Waals surface area contributed by atoms with E-state index in [1.165, 1.54) is 4.90 Å². The molecule has 0 aromatic carbocycles. The molecule has 1 rings (SSSR count). The van der Waals surface area contributed by atoms with Crippen LogP contribution in [0.1, 0.15) is 6.42 Å². The molecule has 0 saturated carbocycles. The Morgan fingerprint density at radius 1 is 1.58 bits per heavy atom. The second-order valence-electron chi connectivity index (χ2n) is 3.12. The van der Waals surface area contributed by atoms with Crippen molar-refractivity contribution in [1.82, 2.24) is 14.8 Å². The lowest BCUT2D eigenvalue weighted by molar-refractivity contribution is -0.858. The Morgan fingerprint density at radius 2 is 2.33 bits per heavy atom. The molecule has 0 atom stereocenters. The van der Waals surface area contributed by atoms with Crippen LogP contribution in [0.5, 0.6) is 0 Å². The summed E-state index contributed by atoms with van der Waals surface area (Å²) in [6.45, 7) is 2.07. The zero-order valence-corrected chi connectivity index (χ0v) is 8.27. The first kappa shape index (κ1) is 9.41. The molecule has 0 fully saturated rings. The van der Waals surface area contributed by atoms with Crippen molar-refractivity contribution >= 4 is 12.6 Å². The van der Waals surface area contributed by atoms with Crippen molar-refractivity contribution in [2.45, 2.75) is 18.1 Å². The van der Waals surface area contributed by atoms with E-state index < -0.39 is 0 Å². The third kappa shape index (κ3) is 2.75. The van der Waals surface area contributed by atoms with Gasteiger partial charge in [-0.2, -0.15) is 5.10 Å². The van der Waals surface area contributed by atoms with Crippen molar-refractivity contribution in [3.8, 4) is 0 Å². The minimum atomic E-state index is 0.587. The van der Waals surface area contributed by atoms with Gasteiger partial charge in [0, 0.05) is 18.1 Å². The van der Waals surface area contributed by atoms with Gasteiger partial charge < -0.3 is 22.1 Å². The van der Waals surface area contributed by atoms with Gasteiger partial charge in [0.1, 0.15) is 6.33 Å². The number of nitrogens with zero attached hydrogens (tertiary/aromatic N) is 3. The topological polar surface area (TPSA) is 35.2 Å². The van der Waals surface area contributed by atoms with Crippen molar-refractivity contribution in [1.29, 1.82) is 0 Å². The van der Waals surface area contributed by atoms with Gasteiger partial charge in [0.15, 0.2) is 0 Å². The van der Waals surface area contributed by atoms with E-state index in [9.17, 15) is 0 Å². The molecule has 0 unspecified atom stereocenters. The predicted octanol–water partition coefficient (Wildman–Crippen LogP) is -1.28. The summed E-state index contributed by atoms with van der Waals surface area (Å²) in [5, 5.41) is 8.04. The third-order valence-corrected chi connectivity index (χ3v) is 1.97. The molecule has 12 heavy (non-hydrogen) atoms. The predicted molar refractivity (Wildman–Crippen MR) is 47.9 cm³/mol. The van der Waals surface area contributed by atoms with Gasteiger partial charge in [-0.25, -0.2) is 0 Å². The summed E-state index contributed by atoms with van der Waals surface area (Å²) in [5.74, 6) is 0. The van der Waals surface area contributed by atoms with E-state index in [0.29, 0.717) is 5.16 Å². The van der Waals surface area contributed by atoms with Crippen LogP contribution in [0.4, 0.5) is 0 Å². The van der Waals surface area contributed by atoms with Crippen molar-refractivity contribution in [3.05, 3.63) is 6.33 Å². The molecular formula is C7H14N4S. The van der Waals surface area contributed by atoms with Crippen LogP contribution in [0.3, 0.4) is 0 Å². The molecule has 5 heteroatoms. The lowest BCUT2D eigenvalue weighted by Crippen LogP contribution is -3.05. The highest BCUT2D eigenvalue weighted by Gasteiger charge is 1.95. The normalized spacial score (nSPS) is 10.9. The molecule has 1 N–H and O–H groups in total. The molecule has 1 heterocycles. The Morgan fingerprint density at radius 3 is 2.83 bits per heavy atom. The van der Waals surface area contributed by atoms with Gasteiger partial charge in [0.25, 0.3) is 0 Å². The smallest absolute Gasteiger partial charge is 0.118 e. The standard InChI is InChI=1S/C7H14N4S/c1-10(2)4-3-5-11-6-8-9-7(11)12/h6H,3-5H2,1-2H3,(H,9,12). The van der Waals surface area contributed by atoms with Crippen molar-refractivity contribution in [2.75, 3.05) is 20.6 Å². The molecule has 4 nitrogen and oxygen atoms in total. The summed E-state index contributed by atoms with van der Waals surface area (Å²) in [7, 11) is 4.28. The Hall–Kier alpha value is -0.680. The average Bonchev–Trinajstić information content (AvgIpc) is 2.36. The maximum absolute atomic E-state index is 4.95. The van der Waals surface area contributed by atoms with Crippen LogP contribution >= 0.6 is 0 Å². The monoisotopic (exact) mass is 186 g/mol. The van der Waals surface area contributed by atoms with E-state index in [1.54, 1.807) is 6.33 Å². The molecule has 0 saturated heterocycles. The molecule has 0 radical (unpaired) electrons. The molecule has 0 aliphatic heterocycles. The maximum atomic E-state index is 4.95. The highest BCUT2D eigenvalue weighted by Crippen LogP contribution is 1.93. The molecule has 0 aliphatic carbocycles. The van der Waals surface area contributed by atoms with Crippen molar-refractivity contribution < 1.29 is 4.90 Å². The second-order valence-corrected chi connectivity index (χ2v) is 3.48. The molecule has 1 aromatic rings. The van der Waals surface area contributed by atoms with Gasteiger partial charge >= 0.3 is 0 Å². The van der Waals surface area contributed by atoms with Crippen LogP contribution in [0.25, 0.3) is 0 Å². The molecule has 0 bridgehead atoms. The summed E-state index contributed by atoms with van der Waals surface area (Å²) in [6.07, 6.45) is 2.80. The molecular weight excluding hydrogens is 172 g/mol. The van der Waals surface area contributed by atoms with Gasteiger partial charge in [-0.05, 0) is 0 Å². The first-order chi connectivity index (χ1) is 5.70. The third-order valence-electron chi connectivity index (χ3n) is 1.66. The van der Waals surface area contributed by atoms with Gasteiger partial charge in [-0.1, -0.05) is 0 Å². The number of nitrogens with one attached hydrogen (secondary N) is 1. The summed E-state index contributed by atoms with van der Waals surface area (Å²) >= 11 is 4.95. The number of rotatable bonds is 4. The first-order valence-corrected chi connectivity index (χ1v) is 4.45. The van der Waals surface area contributed by atoms with Crippen LogP contribution in [0, 0.1) is 0 Å². The van der Waals surface area contributed by atoms with Crippen LogP contribution < -0.4 is 4.90 Å². The van der Waals surface area contributed by atoms with E-state index in [4.69, 9.17) is 12.6 Å². The Balaban J connectivity index is 2.29.